The van der Waals surface area contributed by atoms with E-state index in [2.05, 4.69) is 20.2 Å². The van der Waals surface area contributed by atoms with Crippen molar-refractivity contribution in [3.63, 3.8) is 0 Å². The molecule has 1 saturated carbocycles. The highest BCUT2D eigenvalue weighted by Crippen LogP contribution is 2.39. The Kier molecular flexibility index (Phi) is 6.29. The number of amides is 1. The van der Waals surface area contributed by atoms with Crippen LogP contribution in [0.1, 0.15) is 53.3 Å². The molecule has 7 heteroatoms. The largest absolute Gasteiger partial charge is 0.348 e. The van der Waals surface area contributed by atoms with E-state index in [-0.39, 0.29) is 5.91 Å². The number of thiazole rings is 1. The number of rotatable bonds is 6. The van der Waals surface area contributed by atoms with Crippen molar-refractivity contribution in [2.24, 2.45) is 0 Å². The van der Waals surface area contributed by atoms with Gasteiger partial charge in [0.2, 0.25) is 0 Å². The summed E-state index contributed by atoms with van der Waals surface area (Å²) in [5, 5.41) is 6.69. The first-order valence-corrected chi connectivity index (χ1v) is 12.5. The summed E-state index contributed by atoms with van der Waals surface area (Å²) >= 11 is 7.99. The lowest BCUT2D eigenvalue weighted by atomic mass is 10.2. The van der Waals surface area contributed by atoms with Crippen LogP contribution >= 0.6 is 22.9 Å². The zero-order chi connectivity index (χ0) is 22.8. The Morgan fingerprint density at radius 3 is 2.79 bits per heavy atom. The molecule has 1 fully saturated rings. The van der Waals surface area contributed by atoms with E-state index < -0.39 is 0 Å². The molecule has 5 rings (SSSR count). The van der Waals surface area contributed by atoms with E-state index in [0.717, 1.165) is 46.1 Å². The van der Waals surface area contributed by atoms with Crippen molar-refractivity contribution in [1.29, 1.82) is 0 Å². The topological polar surface area (TPSA) is 59.8 Å². The van der Waals surface area contributed by atoms with Gasteiger partial charge in [0.05, 0.1) is 22.0 Å². The van der Waals surface area contributed by atoms with Crippen molar-refractivity contribution in [3.8, 4) is 22.0 Å². The third-order valence-electron chi connectivity index (χ3n) is 6.27. The highest BCUT2D eigenvalue weighted by Gasteiger charge is 2.26. The average molecular weight is 477 g/mol. The van der Waals surface area contributed by atoms with Crippen LogP contribution in [0.5, 0.6) is 0 Å². The highest BCUT2D eigenvalue weighted by atomic mass is 35.5. The van der Waals surface area contributed by atoms with Crippen LogP contribution in [0.4, 0.5) is 0 Å². The van der Waals surface area contributed by atoms with Gasteiger partial charge in [-0.2, -0.15) is 0 Å². The lowest BCUT2D eigenvalue weighted by molar-refractivity contribution is 0.0950. The molecule has 1 N–H and O–H groups in total. The molecular weight excluding hydrogens is 452 g/mol. The smallest absolute Gasteiger partial charge is 0.253 e. The Balaban J connectivity index is 1.49. The van der Waals surface area contributed by atoms with Crippen LogP contribution < -0.4 is 5.32 Å². The molecule has 0 saturated heterocycles. The first-order chi connectivity index (χ1) is 16.1. The standard InChI is InChI=1S/C26H25ClN4OS/c1-17-21(25(32)29-15-18-7-6-12-28-14-18)13-24(31(17)19-8-2-3-9-19)23-16-33-26(30-23)20-10-4-5-11-22(20)27/h4-7,10-14,16,19H,2-3,8-9,15H2,1H3,(H,29,32). The molecule has 0 atom stereocenters. The van der Waals surface area contributed by atoms with E-state index in [1.165, 1.54) is 12.8 Å². The predicted molar refractivity (Wildman–Crippen MR) is 134 cm³/mol. The average Bonchev–Trinajstić information content (AvgIpc) is 3.58. The summed E-state index contributed by atoms with van der Waals surface area (Å²) in [7, 11) is 0. The molecular formula is C26H25ClN4OS. The van der Waals surface area contributed by atoms with E-state index >= 15 is 0 Å². The van der Waals surface area contributed by atoms with Gasteiger partial charge in [0.15, 0.2) is 0 Å². The van der Waals surface area contributed by atoms with Gasteiger partial charge in [-0.1, -0.05) is 48.7 Å². The molecule has 5 nitrogen and oxygen atoms in total. The number of pyridine rings is 1. The van der Waals surface area contributed by atoms with Crippen LogP contribution in [0.3, 0.4) is 0 Å². The number of hydrogen-bond acceptors (Lipinski definition) is 4. The van der Waals surface area contributed by atoms with E-state index in [1.54, 1.807) is 23.7 Å². The zero-order valence-electron chi connectivity index (χ0n) is 18.4. The van der Waals surface area contributed by atoms with Crippen molar-refractivity contribution in [3.05, 3.63) is 82.1 Å². The summed E-state index contributed by atoms with van der Waals surface area (Å²) < 4.78 is 2.33. The van der Waals surface area contributed by atoms with Gasteiger partial charge in [-0.15, -0.1) is 11.3 Å². The second-order valence-corrected chi connectivity index (χ2v) is 9.66. The van der Waals surface area contributed by atoms with Crippen molar-refractivity contribution in [2.45, 2.75) is 45.2 Å². The van der Waals surface area contributed by atoms with Gasteiger partial charge in [-0.3, -0.25) is 9.78 Å². The molecule has 33 heavy (non-hydrogen) atoms. The predicted octanol–water partition coefficient (Wildman–Crippen LogP) is 6.68. The third kappa shape index (κ3) is 4.45. The summed E-state index contributed by atoms with van der Waals surface area (Å²) in [5.41, 5.74) is 5.49. The summed E-state index contributed by atoms with van der Waals surface area (Å²) in [6, 6.07) is 14.0. The second kappa shape index (κ2) is 9.49. The van der Waals surface area contributed by atoms with Crippen molar-refractivity contribution < 1.29 is 4.79 Å². The quantitative estimate of drug-likeness (QED) is 0.337. The van der Waals surface area contributed by atoms with Crippen LogP contribution in [-0.2, 0) is 6.54 Å². The summed E-state index contributed by atoms with van der Waals surface area (Å²) in [6.07, 6.45) is 8.18. The van der Waals surface area contributed by atoms with E-state index in [0.29, 0.717) is 23.2 Å². The highest BCUT2D eigenvalue weighted by molar-refractivity contribution is 7.13. The Labute approximate surface area is 202 Å². The SMILES string of the molecule is Cc1c(C(=O)NCc2cccnc2)cc(-c2csc(-c3ccccc3Cl)n2)n1C1CCCC1. The number of aromatic nitrogens is 3. The molecule has 0 bridgehead atoms. The zero-order valence-corrected chi connectivity index (χ0v) is 20.0. The first-order valence-electron chi connectivity index (χ1n) is 11.2. The Morgan fingerprint density at radius 1 is 1.21 bits per heavy atom. The van der Waals surface area contributed by atoms with Gasteiger partial charge in [-0.05, 0) is 43.5 Å². The number of halogens is 1. The van der Waals surface area contributed by atoms with Crippen LogP contribution in [0.25, 0.3) is 22.0 Å². The van der Waals surface area contributed by atoms with Gasteiger partial charge in [0.1, 0.15) is 5.01 Å². The minimum absolute atomic E-state index is 0.0732. The number of nitrogens with zero attached hydrogens (tertiary/aromatic N) is 3. The van der Waals surface area contributed by atoms with E-state index in [9.17, 15) is 4.79 Å². The maximum atomic E-state index is 13.1. The first kappa shape index (κ1) is 21.9. The van der Waals surface area contributed by atoms with E-state index in [1.807, 2.05) is 49.4 Å². The molecule has 1 aliphatic carbocycles. The summed E-state index contributed by atoms with van der Waals surface area (Å²) in [6.45, 7) is 2.49. The molecule has 4 aromatic rings. The third-order valence-corrected chi connectivity index (χ3v) is 7.48. The van der Waals surface area contributed by atoms with Crippen LogP contribution in [0, 0.1) is 6.92 Å². The molecule has 3 heterocycles. The number of carbonyl (C=O) groups excluding carboxylic acids is 1. The van der Waals surface area contributed by atoms with Gasteiger partial charge in [0, 0.05) is 41.6 Å². The van der Waals surface area contributed by atoms with Crippen molar-refractivity contribution >= 4 is 28.8 Å². The van der Waals surface area contributed by atoms with Crippen molar-refractivity contribution in [1.82, 2.24) is 19.9 Å². The van der Waals surface area contributed by atoms with E-state index in [4.69, 9.17) is 16.6 Å². The number of carbonyl (C=O) groups is 1. The summed E-state index contributed by atoms with van der Waals surface area (Å²) in [4.78, 5) is 22.2. The maximum Gasteiger partial charge on any atom is 0.253 e. The molecule has 0 aliphatic heterocycles. The molecule has 1 aliphatic rings. The van der Waals surface area contributed by atoms with Gasteiger partial charge in [-0.25, -0.2) is 4.98 Å². The molecule has 1 amide bonds. The Morgan fingerprint density at radius 2 is 2.03 bits per heavy atom. The molecule has 1 aromatic carbocycles. The fourth-order valence-electron chi connectivity index (χ4n) is 4.61. The molecule has 0 spiro atoms. The summed E-state index contributed by atoms with van der Waals surface area (Å²) in [5.74, 6) is -0.0732. The molecule has 0 unspecified atom stereocenters. The molecule has 168 valence electrons. The molecule has 0 radical (unpaired) electrons. The monoisotopic (exact) mass is 476 g/mol. The number of hydrogen-bond donors (Lipinski definition) is 1. The lowest BCUT2D eigenvalue weighted by Crippen LogP contribution is -2.23. The molecule has 3 aromatic heterocycles. The van der Waals surface area contributed by atoms with Crippen molar-refractivity contribution in [2.75, 3.05) is 0 Å². The number of nitrogens with one attached hydrogen (secondary N) is 1. The van der Waals surface area contributed by atoms with Gasteiger partial charge in [0.25, 0.3) is 5.91 Å². The Hall–Kier alpha value is -2.96. The minimum Gasteiger partial charge on any atom is -0.348 e. The fraction of sp³-hybridized carbons (Fsp3) is 0.269. The van der Waals surface area contributed by atoms with Gasteiger partial charge >= 0.3 is 0 Å². The fourth-order valence-corrected chi connectivity index (χ4v) is 5.75. The minimum atomic E-state index is -0.0732. The van der Waals surface area contributed by atoms with Crippen LogP contribution in [-0.4, -0.2) is 20.4 Å². The van der Waals surface area contributed by atoms with Gasteiger partial charge < -0.3 is 9.88 Å². The van der Waals surface area contributed by atoms with Crippen LogP contribution in [0.2, 0.25) is 5.02 Å². The van der Waals surface area contributed by atoms with Crippen LogP contribution in [0.15, 0.2) is 60.2 Å². The Bertz CT molecular complexity index is 1270. The normalized spacial score (nSPS) is 14.0. The number of benzene rings is 1. The maximum absolute atomic E-state index is 13.1. The second-order valence-electron chi connectivity index (χ2n) is 8.40. The lowest BCUT2D eigenvalue weighted by Gasteiger charge is -2.18.